The standard InChI is InChI=1S/C13H16BrNO2/c1-9(15-12(16)17-2)13(7-8-13)10-3-5-11(14)6-4-10/h3-6,9H,7-8H2,1-2H3,(H,15,16). The van der Waals surface area contributed by atoms with E-state index < -0.39 is 0 Å². The largest absolute Gasteiger partial charge is 0.453 e. The molecule has 1 aliphatic rings. The molecule has 0 radical (unpaired) electrons. The van der Waals surface area contributed by atoms with Crippen LogP contribution in [0.2, 0.25) is 0 Å². The maximum absolute atomic E-state index is 11.2. The van der Waals surface area contributed by atoms with Gasteiger partial charge in [-0.2, -0.15) is 0 Å². The van der Waals surface area contributed by atoms with Crippen molar-refractivity contribution in [1.29, 1.82) is 0 Å². The zero-order valence-electron chi connectivity index (χ0n) is 10.00. The first kappa shape index (κ1) is 12.4. The summed E-state index contributed by atoms with van der Waals surface area (Å²) < 4.78 is 5.72. The van der Waals surface area contributed by atoms with Crippen molar-refractivity contribution in [3.63, 3.8) is 0 Å². The van der Waals surface area contributed by atoms with Gasteiger partial charge in [0.1, 0.15) is 0 Å². The van der Waals surface area contributed by atoms with Gasteiger partial charge < -0.3 is 10.1 Å². The normalized spacial score (nSPS) is 18.3. The number of ether oxygens (including phenoxy) is 1. The van der Waals surface area contributed by atoms with Crippen molar-refractivity contribution < 1.29 is 9.53 Å². The Balaban J connectivity index is 2.13. The molecule has 1 atom stereocenters. The minimum absolute atomic E-state index is 0.0922. The molecule has 1 fully saturated rings. The van der Waals surface area contributed by atoms with Gasteiger partial charge in [0, 0.05) is 15.9 Å². The van der Waals surface area contributed by atoms with Gasteiger partial charge in [0.05, 0.1) is 7.11 Å². The predicted octanol–water partition coefficient (Wildman–Crippen LogP) is 3.23. The van der Waals surface area contributed by atoms with E-state index in [-0.39, 0.29) is 17.6 Å². The summed E-state index contributed by atoms with van der Waals surface area (Å²) in [7, 11) is 1.39. The van der Waals surface area contributed by atoms with E-state index in [0.29, 0.717) is 0 Å². The summed E-state index contributed by atoms with van der Waals surface area (Å²) in [6.07, 6.45) is 1.86. The van der Waals surface area contributed by atoms with Gasteiger partial charge >= 0.3 is 6.09 Å². The summed E-state index contributed by atoms with van der Waals surface area (Å²) in [5.41, 5.74) is 1.37. The number of hydrogen-bond acceptors (Lipinski definition) is 2. The molecule has 2 rings (SSSR count). The number of halogens is 1. The molecule has 1 aliphatic carbocycles. The molecule has 0 aliphatic heterocycles. The molecular weight excluding hydrogens is 282 g/mol. The molecular formula is C13H16BrNO2. The van der Waals surface area contributed by atoms with Crippen LogP contribution in [0.25, 0.3) is 0 Å². The maximum Gasteiger partial charge on any atom is 0.407 e. The van der Waals surface area contributed by atoms with Crippen LogP contribution in [-0.2, 0) is 10.2 Å². The summed E-state index contributed by atoms with van der Waals surface area (Å²) >= 11 is 3.43. The zero-order chi connectivity index (χ0) is 12.5. The molecule has 0 heterocycles. The molecule has 1 amide bonds. The van der Waals surface area contributed by atoms with Crippen LogP contribution < -0.4 is 5.32 Å². The van der Waals surface area contributed by atoms with Gasteiger partial charge in [0.15, 0.2) is 0 Å². The fourth-order valence-corrected chi connectivity index (χ4v) is 2.53. The van der Waals surface area contributed by atoms with E-state index in [9.17, 15) is 4.79 Å². The van der Waals surface area contributed by atoms with E-state index in [2.05, 4.69) is 38.1 Å². The Morgan fingerprint density at radius 1 is 1.41 bits per heavy atom. The second kappa shape index (κ2) is 4.69. The lowest BCUT2D eigenvalue weighted by atomic mass is 9.89. The van der Waals surface area contributed by atoms with E-state index >= 15 is 0 Å². The smallest absolute Gasteiger partial charge is 0.407 e. The van der Waals surface area contributed by atoms with Gasteiger partial charge in [0.25, 0.3) is 0 Å². The average Bonchev–Trinajstić information content (AvgIpc) is 3.11. The van der Waals surface area contributed by atoms with Crippen LogP contribution in [0.15, 0.2) is 28.7 Å². The molecule has 1 N–H and O–H groups in total. The van der Waals surface area contributed by atoms with E-state index in [0.717, 1.165) is 17.3 Å². The van der Waals surface area contributed by atoms with Crippen molar-refractivity contribution in [2.75, 3.05) is 7.11 Å². The third kappa shape index (κ3) is 2.46. The Morgan fingerprint density at radius 2 is 2.00 bits per heavy atom. The van der Waals surface area contributed by atoms with Gasteiger partial charge in [-0.3, -0.25) is 0 Å². The quantitative estimate of drug-likeness (QED) is 0.930. The van der Waals surface area contributed by atoms with Gasteiger partial charge in [-0.05, 0) is 37.5 Å². The number of carbonyl (C=O) groups is 1. The number of carbonyl (C=O) groups excluding carboxylic acids is 1. The first-order chi connectivity index (χ1) is 8.08. The van der Waals surface area contributed by atoms with E-state index in [1.165, 1.54) is 12.7 Å². The highest BCUT2D eigenvalue weighted by molar-refractivity contribution is 9.10. The van der Waals surface area contributed by atoms with Crippen molar-refractivity contribution in [3.05, 3.63) is 34.3 Å². The molecule has 0 saturated heterocycles. The number of alkyl carbamates (subject to hydrolysis) is 1. The topological polar surface area (TPSA) is 38.3 Å². The predicted molar refractivity (Wildman–Crippen MR) is 70.1 cm³/mol. The SMILES string of the molecule is COC(=O)NC(C)C1(c2ccc(Br)cc2)CC1. The van der Waals surface area contributed by atoms with Gasteiger partial charge in [-0.15, -0.1) is 0 Å². The van der Waals surface area contributed by atoms with Crippen molar-refractivity contribution in [2.24, 2.45) is 0 Å². The number of benzene rings is 1. The van der Waals surface area contributed by atoms with Crippen LogP contribution in [0.5, 0.6) is 0 Å². The summed E-state index contributed by atoms with van der Waals surface area (Å²) in [4.78, 5) is 11.2. The highest BCUT2D eigenvalue weighted by atomic mass is 79.9. The lowest BCUT2D eigenvalue weighted by Crippen LogP contribution is -2.41. The molecule has 17 heavy (non-hydrogen) atoms. The van der Waals surface area contributed by atoms with Gasteiger partial charge in [0.2, 0.25) is 0 Å². The van der Waals surface area contributed by atoms with Crippen LogP contribution >= 0.6 is 15.9 Å². The molecule has 92 valence electrons. The Labute approximate surface area is 110 Å². The van der Waals surface area contributed by atoms with Crippen LogP contribution in [0.3, 0.4) is 0 Å². The minimum atomic E-state index is -0.360. The molecule has 0 bridgehead atoms. The Kier molecular flexibility index (Phi) is 3.43. The fourth-order valence-electron chi connectivity index (χ4n) is 2.26. The highest BCUT2D eigenvalue weighted by Crippen LogP contribution is 2.51. The number of amides is 1. The highest BCUT2D eigenvalue weighted by Gasteiger charge is 2.49. The van der Waals surface area contributed by atoms with Crippen molar-refractivity contribution >= 4 is 22.0 Å². The van der Waals surface area contributed by atoms with Crippen molar-refractivity contribution in [1.82, 2.24) is 5.32 Å². The Bertz CT molecular complexity index is 412. The average molecular weight is 298 g/mol. The molecule has 0 aromatic heterocycles. The van der Waals surface area contributed by atoms with Crippen LogP contribution in [0.4, 0.5) is 4.79 Å². The van der Waals surface area contributed by atoms with E-state index in [1.54, 1.807) is 0 Å². The second-order valence-corrected chi connectivity index (χ2v) is 5.44. The molecule has 3 nitrogen and oxygen atoms in total. The minimum Gasteiger partial charge on any atom is -0.453 e. The summed E-state index contributed by atoms with van der Waals surface area (Å²) in [5.74, 6) is 0. The molecule has 1 unspecified atom stereocenters. The first-order valence-corrected chi connectivity index (χ1v) is 6.48. The monoisotopic (exact) mass is 297 g/mol. The molecule has 1 aromatic rings. The Morgan fingerprint density at radius 3 is 2.47 bits per heavy atom. The number of rotatable bonds is 3. The summed E-state index contributed by atoms with van der Waals surface area (Å²) in [6, 6.07) is 8.41. The summed E-state index contributed by atoms with van der Waals surface area (Å²) in [5, 5.41) is 2.87. The van der Waals surface area contributed by atoms with Crippen LogP contribution in [0, 0.1) is 0 Å². The fraction of sp³-hybridized carbons (Fsp3) is 0.462. The first-order valence-electron chi connectivity index (χ1n) is 5.69. The summed E-state index contributed by atoms with van der Waals surface area (Å²) in [6.45, 7) is 2.03. The third-order valence-corrected chi connectivity index (χ3v) is 4.09. The van der Waals surface area contributed by atoms with Gasteiger partial charge in [-0.25, -0.2) is 4.79 Å². The number of nitrogens with one attached hydrogen (secondary N) is 1. The van der Waals surface area contributed by atoms with E-state index in [4.69, 9.17) is 0 Å². The molecule has 0 spiro atoms. The second-order valence-electron chi connectivity index (χ2n) is 4.52. The van der Waals surface area contributed by atoms with E-state index in [1.807, 2.05) is 19.1 Å². The molecule has 4 heteroatoms. The molecule has 1 saturated carbocycles. The van der Waals surface area contributed by atoms with Crippen molar-refractivity contribution in [3.8, 4) is 0 Å². The van der Waals surface area contributed by atoms with Crippen molar-refractivity contribution in [2.45, 2.75) is 31.2 Å². The lowest BCUT2D eigenvalue weighted by molar-refractivity contribution is 0.165. The number of methoxy groups -OCH3 is 1. The Hall–Kier alpha value is -1.03. The third-order valence-electron chi connectivity index (χ3n) is 3.56. The maximum atomic E-state index is 11.2. The van der Waals surface area contributed by atoms with Crippen LogP contribution in [0.1, 0.15) is 25.3 Å². The lowest BCUT2D eigenvalue weighted by Gasteiger charge is -2.24. The zero-order valence-corrected chi connectivity index (χ0v) is 11.6. The number of hydrogen-bond donors (Lipinski definition) is 1. The molecule has 1 aromatic carbocycles. The van der Waals surface area contributed by atoms with Crippen LogP contribution in [-0.4, -0.2) is 19.2 Å². The van der Waals surface area contributed by atoms with Gasteiger partial charge in [-0.1, -0.05) is 28.1 Å².